The Hall–Kier alpha value is -1.58. The van der Waals surface area contributed by atoms with Crippen molar-refractivity contribution in [3.63, 3.8) is 0 Å². The minimum Gasteiger partial charge on any atom is -0.460 e. The van der Waals surface area contributed by atoms with Crippen molar-refractivity contribution in [2.75, 3.05) is 0 Å². The lowest BCUT2D eigenvalue weighted by atomic mass is 10.1. The van der Waals surface area contributed by atoms with Crippen molar-refractivity contribution in [1.29, 1.82) is 0 Å². The number of carbonyl (C=O) groups excluding carboxylic acids is 2. The van der Waals surface area contributed by atoms with Crippen LogP contribution >= 0.6 is 0 Å². The van der Waals surface area contributed by atoms with Crippen molar-refractivity contribution < 1.29 is 19.1 Å². The molecule has 4 heteroatoms. The maximum Gasteiger partial charge on any atom is 0.335 e. The summed E-state index contributed by atoms with van der Waals surface area (Å²) in [6, 6.07) is 0. The second-order valence-corrected chi connectivity index (χ2v) is 4.78. The fourth-order valence-electron chi connectivity index (χ4n) is 1.34. The van der Waals surface area contributed by atoms with Gasteiger partial charge in [-0.3, -0.25) is 0 Å². The first kappa shape index (κ1) is 17.4. The molecule has 0 N–H and O–H groups in total. The van der Waals surface area contributed by atoms with Gasteiger partial charge in [0, 0.05) is 5.57 Å². The highest BCUT2D eigenvalue weighted by Crippen LogP contribution is 2.15. The van der Waals surface area contributed by atoms with Crippen LogP contribution in [0.1, 0.15) is 48.0 Å². The Labute approximate surface area is 115 Å². The van der Waals surface area contributed by atoms with E-state index in [1.165, 1.54) is 0 Å². The van der Waals surface area contributed by atoms with Gasteiger partial charge in [-0.05, 0) is 48.0 Å². The molecule has 0 aliphatic heterocycles. The molecule has 19 heavy (non-hydrogen) atoms. The van der Waals surface area contributed by atoms with E-state index in [0.29, 0.717) is 17.6 Å². The van der Waals surface area contributed by atoms with Crippen molar-refractivity contribution in [3.8, 4) is 0 Å². The largest absolute Gasteiger partial charge is 0.460 e. The molecule has 0 atom stereocenters. The third-order valence-corrected chi connectivity index (χ3v) is 2.25. The standard InChI is InChI=1S/C15H24O4/c1-7-8-9-13(15(17)19-11(4)5)12(6)14(16)18-10(2)3/h7-8,10-11H,9H2,1-6H3. The van der Waals surface area contributed by atoms with Gasteiger partial charge in [0.15, 0.2) is 0 Å². The normalized spacial score (nSPS) is 12.8. The molecule has 0 bridgehead atoms. The zero-order chi connectivity index (χ0) is 15.0. The molecule has 0 aliphatic rings. The monoisotopic (exact) mass is 268 g/mol. The molecule has 0 rings (SSSR count). The molecule has 0 fully saturated rings. The lowest BCUT2D eigenvalue weighted by Gasteiger charge is -2.14. The average Bonchev–Trinajstić information content (AvgIpc) is 2.27. The molecule has 0 amide bonds. The predicted octanol–water partition coefficient (Wildman–Crippen LogP) is 3.17. The van der Waals surface area contributed by atoms with Gasteiger partial charge in [-0.2, -0.15) is 0 Å². The molecule has 0 aromatic heterocycles. The number of carbonyl (C=O) groups is 2. The Morgan fingerprint density at radius 3 is 1.89 bits per heavy atom. The maximum absolute atomic E-state index is 12.0. The molecule has 0 saturated carbocycles. The molecule has 0 saturated heterocycles. The van der Waals surface area contributed by atoms with E-state index in [1.807, 2.05) is 19.1 Å². The first-order chi connectivity index (χ1) is 8.79. The Morgan fingerprint density at radius 2 is 1.47 bits per heavy atom. The number of esters is 2. The smallest absolute Gasteiger partial charge is 0.335 e. The van der Waals surface area contributed by atoms with Crippen molar-refractivity contribution in [3.05, 3.63) is 23.3 Å². The van der Waals surface area contributed by atoms with Crippen LogP contribution in [0.4, 0.5) is 0 Å². The molecular formula is C15H24O4. The fraction of sp³-hybridized carbons (Fsp3) is 0.600. The van der Waals surface area contributed by atoms with Crippen LogP contribution in [0.3, 0.4) is 0 Å². The number of rotatable bonds is 6. The lowest BCUT2D eigenvalue weighted by Crippen LogP contribution is -2.19. The van der Waals surface area contributed by atoms with Crippen molar-refractivity contribution >= 4 is 11.9 Å². The maximum atomic E-state index is 12.0. The number of allylic oxidation sites excluding steroid dienone is 2. The van der Waals surface area contributed by atoms with Crippen LogP contribution < -0.4 is 0 Å². The van der Waals surface area contributed by atoms with E-state index in [2.05, 4.69) is 0 Å². The van der Waals surface area contributed by atoms with Crippen molar-refractivity contribution in [1.82, 2.24) is 0 Å². The van der Waals surface area contributed by atoms with Gasteiger partial charge in [0.2, 0.25) is 0 Å². The fourth-order valence-corrected chi connectivity index (χ4v) is 1.34. The van der Waals surface area contributed by atoms with Gasteiger partial charge in [0.05, 0.1) is 17.8 Å². The van der Waals surface area contributed by atoms with Crippen LogP contribution in [0.2, 0.25) is 0 Å². The van der Waals surface area contributed by atoms with E-state index >= 15 is 0 Å². The summed E-state index contributed by atoms with van der Waals surface area (Å²) >= 11 is 0. The van der Waals surface area contributed by atoms with Crippen LogP contribution in [-0.2, 0) is 19.1 Å². The van der Waals surface area contributed by atoms with Gasteiger partial charge in [-0.25, -0.2) is 9.59 Å². The topological polar surface area (TPSA) is 52.6 Å². The predicted molar refractivity (Wildman–Crippen MR) is 74.6 cm³/mol. The molecule has 0 unspecified atom stereocenters. The van der Waals surface area contributed by atoms with E-state index < -0.39 is 11.9 Å². The van der Waals surface area contributed by atoms with Gasteiger partial charge in [-0.1, -0.05) is 12.2 Å². The highest BCUT2D eigenvalue weighted by molar-refractivity contribution is 6.00. The van der Waals surface area contributed by atoms with Gasteiger partial charge >= 0.3 is 11.9 Å². The van der Waals surface area contributed by atoms with E-state index in [1.54, 1.807) is 34.6 Å². The number of hydrogen-bond acceptors (Lipinski definition) is 4. The third-order valence-electron chi connectivity index (χ3n) is 2.25. The summed E-state index contributed by atoms with van der Waals surface area (Å²) < 4.78 is 10.2. The van der Waals surface area contributed by atoms with Crippen LogP contribution in [-0.4, -0.2) is 24.1 Å². The van der Waals surface area contributed by atoms with E-state index in [-0.39, 0.29) is 12.2 Å². The molecule has 108 valence electrons. The van der Waals surface area contributed by atoms with Gasteiger partial charge < -0.3 is 9.47 Å². The molecule has 0 aromatic rings. The highest BCUT2D eigenvalue weighted by atomic mass is 16.5. The van der Waals surface area contributed by atoms with E-state index in [4.69, 9.17) is 9.47 Å². The quantitative estimate of drug-likeness (QED) is 0.422. The number of ether oxygens (including phenoxy) is 2. The summed E-state index contributed by atoms with van der Waals surface area (Å²) in [6.45, 7) is 10.5. The lowest BCUT2D eigenvalue weighted by molar-refractivity contribution is -0.146. The Morgan fingerprint density at radius 1 is 1.00 bits per heavy atom. The first-order valence-electron chi connectivity index (χ1n) is 6.52. The van der Waals surface area contributed by atoms with Gasteiger partial charge in [0.25, 0.3) is 0 Å². The summed E-state index contributed by atoms with van der Waals surface area (Å²) in [6.07, 6.45) is 3.56. The van der Waals surface area contributed by atoms with Crippen LogP contribution in [0.5, 0.6) is 0 Å². The first-order valence-corrected chi connectivity index (χ1v) is 6.52. The van der Waals surface area contributed by atoms with Gasteiger partial charge in [-0.15, -0.1) is 0 Å². The SMILES string of the molecule is CC=CCC(C(=O)OC(C)C)=C(C)C(=O)OC(C)C. The zero-order valence-electron chi connectivity index (χ0n) is 12.6. The summed E-state index contributed by atoms with van der Waals surface area (Å²) in [4.78, 5) is 23.8. The van der Waals surface area contributed by atoms with Crippen LogP contribution in [0.25, 0.3) is 0 Å². The second-order valence-electron chi connectivity index (χ2n) is 4.78. The van der Waals surface area contributed by atoms with Gasteiger partial charge in [0.1, 0.15) is 0 Å². The van der Waals surface area contributed by atoms with E-state index in [0.717, 1.165) is 0 Å². The Bertz CT molecular complexity index is 376. The molecule has 4 nitrogen and oxygen atoms in total. The average molecular weight is 268 g/mol. The molecule has 0 aliphatic carbocycles. The summed E-state index contributed by atoms with van der Waals surface area (Å²) in [5, 5.41) is 0. The molecular weight excluding hydrogens is 244 g/mol. The zero-order valence-corrected chi connectivity index (χ0v) is 12.6. The Kier molecular flexibility index (Phi) is 7.80. The van der Waals surface area contributed by atoms with Crippen LogP contribution in [0, 0.1) is 0 Å². The van der Waals surface area contributed by atoms with E-state index in [9.17, 15) is 9.59 Å². The van der Waals surface area contributed by atoms with Crippen LogP contribution in [0.15, 0.2) is 23.3 Å². The summed E-state index contributed by atoms with van der Waals surface area (Å²) in [5.41, 5.74) is 0.648. The molecule has 0 spiro atoms. The second kappa shape index (κ2) is 8.51. The Balaban J connectivity index is 5.18. The minimum atomic E-state index is -0.477. The highest BCUT2D eigenvalue weighted by Gasteiger charge is 2.20. The third kappa shape index (κ3) is 6.79. The molecule has 0 aromatic carbocycles. The molecule has 0 heterocycles. The van der Waals surface area contributed by atoms with Crippen molar-refractivity contribution in [2.24, 2.45) is 0 Å². The minimum absolute atomic E-state index is 0.216. The molecule has 0 radical (unpaired) electrons. The number of hydrogen-bond donors (Lipinski definition) is 0. The summed E-state index contributed by atoms with van der Waals surface area (Å²) in [7, 11) is 0. The summed E-state index contributed by atoms with van der Waals surface area (Å²) in [5.74, 6) is -0.943. The van der Waals surface area contributed by atoms with Crippen molar-refractivity contribution in [2.45, 2.75) is 60.2 Å².